The summed E-state index contributed by atoms with van der Waals surface area (Å²) in [7, 11) is 0. The molecule has 16 heavy (non-hydrogen) atoms. The van der Waals surface area contributed by atoms with Gasteiger partial charge in [0.1, 0.15) is 5.82 Å². The summed E-state index contributed by atoms with van der Waals surface area (Å²) >= 11 is 0. The molecule has 4 nitrogen and oxygen atoms in total. The van der Waals surface area contributed by atoms with E-state index in [4.69, 9.17) is 5.11 Å². The Morgan fingerprint density at radius 3 is 2.62 bits per heavy atom. The van der Waals surface area contributed by atoms with Gasteiger partial charge in [-0.15, -0.1) is 0 Å². The number of aliphatic hydroxyl groups excluding tert-OH is 1. The van der Waals surface area contributed by atoms with Gasteiger partial charge in [-0.05, 0) is 17.7 Å². The highest BCUT2D eigenvalue weighted by molar-refractivity contribution is 5.75. The molecule has 86 valence electrons. The summed E-state index contributed by atoms with van der Waals surface area (Å²) in [6.45, 7) is 1.14. The third-order valence-electron chi connectivity index (χ3n) is 2.51. The van der Waals surface area contributed by atoms with E-state index >= 15 is 0 Å². The first-order chi connectivity index (χ1) is 7.65. The first-order valence-corrected chi connectivity index (χ1v) is 5.10. The smallest absolute Gasteiger partial charge is 0.317 e. The van der Waals surface area contributed by atoms with Gasteiger partial charge in [-0.3, -0.25) is 0 Å². The Morgan fingerprint density at radius 2 is 2.06 bits per heavy atom. The van der Waals surface area contributed by atoms with Gasteiger partial charge in [0.25, 0.3) is 0 Å². The molecular formula is C11H13FN2O2. The lowest BCUT2D eigenvalue weighted by Crippen LogP contribution is -2.56. The van der Waals surface area contributed by atoms with Gasteiger partial charge in [0.05, 0.1) is 19.2 Å². The highest BCUT2D eigenvalue weighted by Crippen LogP contribution is 2.07. The van der Waals surface area contributed by atoms with Crippen molar-refractivity contribution >= 4 is 6.03 Å². The standard InChI is InChI=1S/C11H13FN2O2/c12-9-3-1-8(2-4-9)5-13-11(16)14-6-10(15)7-14/h1-4,10,15H,5-7H2,(H,13,16). The molecule has 0 aliphatic carbocycles. The maximum Gasteiger partial charge on any atom is 0.317 e. The minimum absolute atomic E-state index is 0.199. The molecule has 1 aliphatic rings. The van der Waals surface area contributed by atoms with Crippen molar-refractivity contribution < 1.29 is 14.3 Å². The Bertz CT molecular complexity index is 374. The van der Waals surface area contributed by atoms with E-state index in [2.05, 4.69) is 5.32 Å². The average molecular weight is 224 g/mol. The number of hydrogen-bond acceptors (Lipinski definition) is 2. The zero-order chi connectivity index (χ0) is 11.5. The van der Waals surface area contributed by atoms with Crippen LogP contribution in [0.25, 0.3) is 0 Å². The molecule has 0 spiro atoms. The second kappa shape index (κ2) is 4.49. The number of benzene rings is 1. The number of amides is 2. The first kappa shape index (κ1) is 10.9. The van der Waals surface area contributed by atoms with E-state index in [1.807, 2.05) is 0 Å². The number of carbonyl (C=O) groups is 1. The van der Waals surface area contributed by atoms with Crippen LogP contribution in [-0.4, -0.2) is 35.2 Å². The van der Waals surface area contributed by atoms with Crippen molar-refractivity contribution in [2.45, 2.75) is 12.6 Å². The number of β-amino-alcohol motifs (C(OH)–C–C–N with tert-alkyl or cyclic N) is 1. The Hall–Kier alpha value is -1.62. The van der Waals surface area contributed by atoms with E-state index in [0.717, 1.165) is 5.56 Å². The molecule has 2 amide bonds. The van der Waals surface area contributed by atoms with E-state index in [0.29, 0.717) is 19.6 Å². The topological polar surface area (TPSA) is 52.6 Å². The first-order valence-electron chi connectivity index (χ1n) is 5.10. The summed E-state index contributed by atoms with van der Waals surface area (Å²) in [4.78, 5) is 13.0. The van der Waals surface area contributed by atoms with Gasteiger partial charge in [-0.2, -0.15) is 0 Å². The van der Waals surface area contributed by atoms with E-state index < -0.39 is 6.10 Å². The predicted octanol–water partition coefficient (Wildman–Crippen LogP) is 0.712. The molecule has 5 heteroatoms. The highest BCUT2D eigenvalue weighted by Gasteiger charge is 2.28. The van der Waals surface area contributed by atoms with Gasteiger partial charge in [0.15, 0.2) is 0 Å². The third kappa shape index (κ3) is 2.49. The van der Waals surface area contributed by atoms with Crippen LogP contribution < -0.4 is 5.32 Å². The predicted molar refractivity (Wildman–Crippen MR) is 56.2 cm³/mol. The Balaban J connectivity index is 1.79. The number of urea groups is 1. The van der Waals surface area contributed by atoms with Gasteiger partial charge in [0, 0.05) is 6.54 Å². The maximum atomic E-state index is 12.6. The van der Waals surface area contributed by atoms with Gasteiger partial charge in [-0.1, -0.05) is 12.1 Å². The molecule has 1 heterocycles. The van der Waals surface area contributed by atoms with Crippen LogP contribution in [0.3, 0.4) is 0 Å². The van der Waals surface area contributed by atoms with Crippen molar-refractivity contribution in [3.63, 3.8) is 0 Å². The number of rotatable bonds is 2. The minimum Gasteiger partial charge on any atom is -0.389 e. The van der Waals surface area contributed by atoms with E-state index in [-0.39, 0.29) is 11.8 Å². The summed E-state index contributed by atoms with van der Waals surface area (Å²) < 4.78 is 12.6. The normalized spacial score (nSPS) is 15.8. The Kier molecular flexibility index (Phi) is 3.05. The van der Waals surface area contributed by atoms with Crippen molar-refractivity contribution in [1.82, 2.24) is 10.2 Å². The molecule has 2 rings (SSSR count). The molecule has 0 atom stereocenters. The molecule has 0 radical (unpaired) electrons. The summed E-state index contributed by atoms with van der Waals surface area (Å²) in [5.41, 5.74) is 0.843. The van der Waals surface area contributed by atoms with Crippen LogP contribution in [0.2, 0.25) is 0 Å². The van der Waals surface area contributed by atoms with Crippen LogP contribution >= 0.6 is 0 Å². The van der Waals surface area contributed by atoms with E-state index in [1.54, 1.807) is 12.1 Å². The van der Waals surface area contributed by atoms with Crippen LogP contribution in [0, 0.1) is 5.82 Å². The second-order valence-corrected chi connectivity index (χ2v) is 3.84. The van der Waals surface area contributed by atoms with Crippen LogP contribution in [-0.2, 0) is 6.54 Å². The molecule has 0 saturated carbocycles. The number of aliphatic hydroxyl groups is 1. The number of nitrogens with one attached hydrogen (secondary N) is 1. The maximum absolute atomic E-state index is 12.6. The van der Waals surface area contributed by atoms with Gasteiger partial charge >= 0.3 is 6.03 Å². The fourth-order valence-electron chi connectivity index (χ4n) is 1.51. The second-order valence-electron chi connectivity index (χ2n) is 3.84. The van der Waals surface area contributed by atoms with Crippen LogP contribution in [0.15, 0.2) is 24.3 Å². The van der Waals surface area contributed by atoms with E-state index in [1.165, 1.54) is 17.0 Å². The lowest BCUT2D eigenvalue weighted by atomic mass is 10.2. The van der Waals surface area contributed by atoms with Crippen molar-refractivity contribution in [2.24, 2.45) is 0 Å². The number of carbonyl (C=O) groups excluding carboxylic acids is 1. The highest BCUT2D eigenvalue weighted by atomic mass is 19.1. The van der Waals surface area contributed by atoms with Crippen molar-refractivity contribution in [2.75, 3.05) is 13.1 Å². The van der Waals surface area contributed by atoms with Crippen molar-refractivity contribution in [3.05, 3.63) is 35.6 Å². The lowest BCUT2D eigenvalue weighted by Gasteiger charge is -2.35. The molecule has 1 saturated heterocycles. The van der Waals surface area contributed by atoms with Gasteiger partial charge in [0.2, 0.25) is 0 Å². The number of nitrogens with zero attached hydrogens (tertiary/aromatic N) is 1. The zero-order valence-corrected chi connectivity index (χ0v) is 8.69. The minimum atomic E-state index is -0.392. The number of likely N-dealkylation sites (tertiary alicyclic amines) is 1. The molecule has 0 bridgehead atoms. The molecule has 1 aromatic rings. The number of halogens is 1. The average Bonchev–Trinajstić information content (AvgIpc) is 2.24. The fourth-order valence-corrected chi connectivity index (χ4v) is 1.51. The molecule has 0 aromatic heterocycles. The summed E-state index contributed by atoms with van der Waals surface area (Å²) in [6.07, 6.45) is -0.392. The van der Waals surface area contributed by atoms with Gasteiger partial charge in [-0.25, -0.2) is 9.18 Å². The summed E-state index contributed by atoms with van der Waals surface area (Å²) in [5.74, 6) is -0.291. The molecule has 0 unspecified atom stereocenters. The van der Waals surface area contributed by atoms with Gasteiger partial charge < -0.3 is 15.3 Å². The molecular weight excluding hydrogens is 211 g/mol. The monoisotopic (exact) mass is 224 g/mol. The van der Waals surface area contributed by atoms with Crippen LogP contribution in [0.5, 0.6) is 0 Å². The Labute approximate surface area is 92.7 Å². The number of hydrogen-bond donors (Lipinski definition) is 2. The SMILES string of the molecule is O=C(NCc1ccc(F)cc1)N1CC(O)C1. The summed E-state index contributed by atoms with van der Waals surface area (Å²) in [5, 5.41) is 11.7. The molecule has 1 aromatic carbocycles. The summed E-state index contributed by atoms with van der Waals surface area (Å²) in [6, 6.07) is 5.76. The fraction of sp³-hybridized carbons (Fsp3) is 0.364. The largest absolute Gasteiger partial charge is 0.389 e. The van der Waals surface area contributed by atoms with E-state index in [9.17, 15) is 9.18 Å². The molecule has 1 aliphatic heterocycles. The quantitative estimate of drug-likeness (QED) is 0.777. The zero-order valence-electron chi connectivity index (χ0n) is 8.69. The van der Waals surface area contributed by atoms with Crippen LogP contribution in [0.1, 0.15) is 5.56 Å². The Morgan fingerprint density at radius 1 is 1.44 bits per heavy atom. The molecule has 1 fully saturated rings. The van der Waals surface area contributed by atoms with Crippen molar-refractivity contribution in [1.29, 1.82) is 0 Å². The lowest BCUT2D eigenvalue weighted by molar-refractivity contribution is 0.0265. The third-order valence-corrected chi connectivity index (χ3v) is 2.51. The van der Waals surface area contributed by atoms with Crippen LogP contribution in [0.4, 0.5) is 9.18 Å². The molecule has 2 N–H and O–H groups in total. The van der Waals surface area contributed by atoms with Crippen molar-refractivity contribution in [3.8, 4) is 0 Å².